The molecule has 0 aromatic carbocycles. The Balaban J connectivity index is 2.40. The lowest BCUT2D eigenvalue weighted by atomic mass is 9.82. The molecular weight excluding hydrogens is 173 g/mol. The van der Waals surface area contributed by atoms with Gasteiger partial charge in [0.1, 0.15) is 0 Å². The number of alkyl halides is 3. The van der Waals surface area contributed by atoms with Crippen molar-refractivity contribution in [3.63, 3.8) is 0 Å². The van der Waals surface area contributed by atoms with Crippen molar-refractivity contribution in [1.29, 1.82) is 0 Å². The van der Waals surface area contributed by atoms with E-state index in [0.717, 1.165) is 0 Å². The highest BCUT2D eigenvalue weighted by atomic mass is 19.4. The Morgan fingerprint density at radius 2 is 2.00 bits per heavy atom. The molecule has 12 heavy (non-hydrogen) atoms. The van der Waals surface area contributed by atoms with E-state index in [1.807, 2.05) is 0 Å². The van der Waals surface area contributed by atoms with Gasteiger partial charge in [-0.3, -0.25) is 0 Å². The molecule has 1 heterocycles. The van der Waals surface area contributed by atoms with Crippen molar-refractivity contribution in [3.8, 4) is 0 Å². The zero-order valence-electron chi connectivity index (χ0n) is 6.69. The molecule has 0 saturated carbocycles. The zero-order valence-corrected chi connectivity index (χ0v) is 6.69. The lowest BCUT2D eigenvalue weighted by Crippen LogP contribution is -2.45. The average Bonchev–Trinajstić information content (AvgIpc) is 1.82. The number of aliphatic hydroxyl groups is 1. The maximum absolute atomic E-state index is 11.8. The van der Waals surface area contributed by atoms with Crippen molar-refractivity contribution in [1.82, 2.24) is 0 Å². The summed E-state index contributed by atoms with van der Waals surface area (Å²) in [7, 11) is 0. The molecule has 1 aliphatic rings. The van der Waals surface area contributed by atoms with Crippen molar-refractivity contribution in [3.05, 3.63) is 0 Å². The smallest absolute Gasteiger partial charge is 0.384 e. The van der Waals surface area contributed by atoms with Crippen LogP contribution in [-0.4, -0.2) is 30.6 Å². The highest BCUT2D eigenvalue weighted by molar-refractivity contribution is 4.85. The molecule has 0 bridgehead atoms. The van der Waals surface area contributed by atoms with Crippen molar-refractivity contribution < 1.29 is 23.0 Å². The molecule has 0 amide bonds. The van der Waals surface area contributed by atoms with Crippen molar-refractivity contribution in [2.75, 3.05) is 13.2 Å². The fourth-order valence-corrected chi connectivity index (χ4v) is 1.15. The zero-order chi connectivity index (χ0) is 9.41. The van der Waals surface area contributed by atoms with Crippen molar-refractivity contribution in [2.24, 2.45) is 5.41 Å². The third-order valence-electron chi connectivity index (χ3n) is 1.97. The monoisotopic (exact) mass is 184 g/mol. The second-order valence-corrected chi connectivity index (χ2v) is 3.56. The Morgan fingerprint density at radius 1 is 1.50 bits per heavy atom. The quantitative estimate of drug-likeness (QED) is 0.701. The second kappa shape index (κ2) is 2.88. The van der Waals surface area contributed by atoms with Crippen LogP contribution in [0.3, 0.4) is 0 Å². The van der Waals surface area contributed by atoms with Gasteiger partial charge in [-0.15, -0.1) is 0 Å². The highest BCUT2D eigenvalue weighted by Gasteiger charge is 2.45. The summed E-state index contributed by atoms with van der Waals surface area (Å²) in [5.41, 5.74) is -0.491. The van der Waals surface area contributed by atoms with Crippen LogP contribution >= 0.6 is 0 Å². The van der Waals surface area contributed by atoms with Gasteiger partial charge in [-0.05, 0) is 6.42 Å². The standard InChI is InChI=1S/C7H11F3O2/c1-6(3-12-4-6)2-5(11)7(8,9)10/h5,11H,2-4H2,1H3. The number of halogens is 3. The number of aliphatic hydroxyl groups excluding tert-OH is 1. The van der Waals surface area contributed by atoms with E-state index in [0.29, 0.717) is 13.2 Å². The van der Waals surface area contributed by atoms with E-state index in [4.69, 9.17) is 9.84 Å². The first kappa shape index (κ1) is 9.80. The van der Waals surface area contributed by atoms with Crippen LogP contribution in [0, 0.1) is 5.41 Å². The third kappa shape index (κ3) is 2.10. The van der Waals surface area contributed by atoms with Gasteiger partial charge in [0.2, 0.25) is 0 Å². The summed E-state index contributed by atoms with van der Waals surface area (Å²) in [5, 5.41) is 8.71. The van der Waals surface area contributed by atoms with Crippen LogP contribution in [0.4, 0.5) is 13.2 Å². The fraction of sp³-hybridized carbons (Fsp3) is 1.00. The van der Waals surface area contributed by atoms with Gasteiger partial charge in [0.15, 0.2) is 6.10 Å². The molecule has 0 radical (unpaired) electrons. The minimum Gasteiger partial charge on any atom is -0.384 e. The van der Waals surface area contributed by atoms with Crippen LogP contribution in [0.25, 0.3) is 0 Å². The van der Waals surface area contributed by atoms with Crippen LogP contribution in [0.5, 0.6) is 0 Å². The molecule has 1 atom stereocenters. The Hall–Kier alpha value is -0.290. The first-order chi connectivity index (χ1) is 5.33. The molecule has 72 valence electrons. The number of hydrogen-bond donors (Lipinski definition) is 1. The molecule has 0 aromatic heterocycles. The van der Waals surface area contributed by atoms with Gasteiger partial charge in [0.25, 0.3) is 0 Å². The number of rotatable bonds is 2. The van der Waals surface area contributed by atoms with Crippen molar-refractivity contribution in [2.45, 2.75) is 25.6 Å². The van der Waals surface area contributed by atoms with Crippen LogP contribution in [0.15, 0.2) is 0 Å². The Labute approximate surface area is 68.3 Å². The minimum absolute atomic E-state index is 0.267. The number of ether oxygens (including phenoxy) is 1. The maximum atomic E-state index is 11.8. The maximum Gasteiger partial charge on any atom is 0.414 e. The van der Waals surface area contributed by atoms with E-state index in [1.54, 1.807) is 6.92 Å². The van der Waals surface area contributed by atoms with Crippen LogP contribution in [0.1, 0.15) is 13.3 Å². The molecular formula is C7H11F3O2. The Kier molecular flexibility index (Phi) is 2.35. The summed E-state index contributed by atoms with van der Waals surface area (Å²) >= 11 is 0. The average molecular weight is 184 g/mol. The van der Waals surface area contributed by atoms with E-state index in [-0.39, 0.29) is 6.42 Å². The first-order valence-corrected chi connectivity index (χ1v) is 3.66. The molecule has 1 rings (SSSR count). The topological polar surface area (TPSA) is 29.5 Å². The molecule has 1 saturated heterocycles. The van der Waals surface area contributed by atoms with Crippen LogP contribution in [-0.2, 0) is 4.74 Å². The SMILES string of the molecule is CC1(CC(O)C(F)(F)F)COC1. The summed E-state index contributed by atoms with van der Waals surface area (Å²) in [5.74, 6) is 0. The highest BCUT2D eigenvalue weighted by Crippen LogP contribution is 2.36. The fourth-order valence-electron chi connectivity index (χ4n) is 1.15. The molecule has 1 N–H and O–H groups in total. The van der Waals surface area contributed by atoms with E-state index in [1.165, 1.54) is 0 Å². The van der Waals surface area contributed by atoms with Gasteiger partial charge in [-0.2, -0.15) is 13.2 Å². The van der Waals surface area contributed by atoms with Crippen LogP contribution in [0.2, 0.25) is 0 Å². The van der Waals surface area contributed by atoms with E-state index >= 15 is 0 Å². The normalized spacial score (nSPS) is 24.8. The summed E-state index contributed by atoms with van der Waals surface area (Å²) in [6.45, 7) is 2.28. The third-order valence-corrected chi connectivity index (χ3v) is 1.97. The van der Waals surface area contributed by atoms with Crippen LogP contribution < -0.4 is 0 Å². The predicted octanol–water partition coefficient (Wildman–Crippen LogP) is 1.34. The molecule has 0 spiro atoms. The van der Waals surface area contributed by atoms with Gasteiger partial charge in [-0.1, -0.05) is 6.92 Å². The van der Waals surface area contributed by atoms with Gasteiger partial charge in [0, 0.05) is 5.41 Å². The predicted molar refractivity (Wildman–Crippen MR) is 35.6 cm³/mol. The van der Waals surface area contributed by atoms with Gasteiger partial charge in [0.05, 0.1) is 13.2 Å². The summed E-state index contributed by atoms with van der Waals surface area (Å²) in [6, 6.07) is 0. The Bertz CT molecular complexity index is 163. The number of hydrogen-bond acceptors (Lipinski definition) is 2. The molecule has 1 unspecified atom stereocenters. The summed E-state index contributed by atoms with van der Waals surface area (Å²) < 4.78 is 40.3. The lowest BCUT2D eigenvalue weighted by molar-refractivity contribution is -0.227. The van der Waals surface area contributed by atoms with E-state index in [9.17, 15) is 13.2 Å². The van der Waals surface area contributed by atoms with Crippen molar-refractivity contribution >= 4 is 0 Å². The largest absolute Gasteiger partial charge is 0.414 e. The summed E-state index contributed by atoms with van der Waals surface area (Å²) in [6.07, 6.45) is -6.99. The minimum atomic E-state index is -4.50. The molecule has 0 aliphatic carbocycles. The molecule has 5 heteroatoms. The summed E-state index contributed by atoms with van der Waals surface area (Å²) in [4.78, 5) is 0. The van der Waals surface area contributed by atoms with Gasteiger partial charge < -0.3 is 9.84 Å². The van der Waals surface area contributed by atoms with E-state index in [2.05, 4.69) is 0 Å². The Morgan fingerprint density at radius 3 is 2.25 bits per heavy atom. The molecule has 1 fully saturated rings. The van der Waals surface area contributed by atoms with Gasteiger partial charge in [-0.25, -0.2) is 0 Å². The first-order valence-electron chi connectivity index (χ1n) is 3.66. The lowest BCUT2D eigenvalue weighted by Gasteiger charge is -2.39. The molecule has 2 nitrogen and oxygen atoms in total. The van der Waals surface area contributed by atoms with Gasteiger partial charge >= 0.3 is 6.18 Å². The second-order valence-electron chi connectivity index (χ2n) is 3.56. The molecule has 1 aliphatic heterocycles. The molecule has 0 aromatic rings. The van der Waals surface area contributed by atoms with E-state index < -0.39 is 17.7 Å².